The van der Waals surface area contributed by atoms with Gasteiger partial charge in [0.05, 0.1) is 6.42 Å². The third-order valence-electron chi connectivity index (χ3n) is 5.36. The SMILES string of the molecule is Cc1cccc(CC(=O)NCc2cccc(OCCN(C)C3CCOCC3)c2)c1. The summed E-state index contributed by atoms with van der Waals surface area (Å²) in [7, 11) is 2.15. The zero-order valence-corrected chi connectivity index (χ0v) is 17.5. The van der Waals surface area contributed by atoms with Crippen molar-refractivity contribution in [3.63, 3.8) is 0 Å². The lowest BCUT2D eigenvalue weighted by Crippen LogP contribution is -2.38. The summed E-state index contributed by atoms with van der Waals surface area (Å²) in [4.78, 5) is 14.6. The smallest absolute Gasteiger partial charge is 0.224 e. The number of benzene rings is 2. The fraction of sp³-hybridized carbons (Fsp3) is 0.458. The first kappa shape index (κ1) is 21.3. The fourth-order valence-corrected chi connectivity index (χ4v) is 3.63. The molecule has 1 saturated heterocycles. The summed E-state index contributed by atoms with van der Waals surface area (Å²) in [6, 6.07) is 16.6. The highest BCUT2D eigenvalue weighted by molar-refractivity contribution is 5.78. The van der Waals surface area contributed by atoms with Gasteiger partial charge in [0, 0.05) is 32.3 Å². The van der Waals surface area contributed by atoms with Crippen LogP contribution in [0.15, 0.2) is 48.5 Å². The minimum atomic E-state index is 0.0278. The van der Waals surface area contributed by atoms with Crippen LogP contribution >= 0.6 is 0 Å². The molecule has 1 aliphatic heterocycles. The molecule has 0 spiro atoms. The van der Waals surface area contributed by atoms with Gasteiger partial charge in [0.15, 0.2) is 0 Å². The molecule has 0 unspecified atom stereocenters. The number of aryl methyl sites for hydroxylation is 1. The molecule has 0 bridgehead atoms. The first-order chi connectivity index (χ1) is 14.1. The van der Waals surface area contributed by atoms with E-state index >= 15 is 0 Å². The Morgan fingerprint density at radius 1 is 1.14 bits per heavy atom. The maximum atomic E-state index is 12.2. The van der Waals surface area contributed by atoms with E-state index in [1.165, 1.54) is 5.56 Å². The second kappa shape index (κ2) is 11.0. The van der Waals surface area contributed by atoms with Crippen LogP contribution in [0.3, 0.4) is 0 Å². The molecule has 1 aliphatic rings. The van der Waals surface area contributed by atoms with Crippen molar-refractivity contribution in [1.82, 2.24) is 10.2 Å². The Labute approximate surface area is 174 Å². The van der Waals surface area contributed by atoms with Crippen molar-refractivity contribution < 1.29 is 14.3 Å². The number of likely N-dealkylation sites (N-methyl/N-ethyl adjacent to an activating group) is 1. The second-order valence-corrected chi connectivity index (χ2v) is 7.76. The summed E-state index contributed by atoms with van der Waals surface area (Å²) < 4.78 is 11.4. The lowest BCUT2D eigenvalue weighted by molar-refractivity contribution is -0.120. The Bertz CT molecular complexity index is 787. The molecule has 1 heterocycles. The number of hydrogen-bond acceptors (Lipinski definition) is 4. The third kappa shape index (κ3) is 7.18. The van der Waals surface area contributed by atoms with Crippen LogP contribution in [0.1, 0.15) is 29.5 Å². The topological polar surface area (TPSA) is 50.8 Å². The average Bonchev–Trinajstić information content (AvgIpc) is 2.73. The van der Waals surface area contributed by atoms with Gasteiger partial charge in [-0.05, 0) is 50.1 Å². The van der Waals surface area contributed by atoms with Gasteiger partial charge >= 0.3 is 0 Å². The Balaban J connectivity index is 1.41. The van der Waals surface area contributed by atoms with Gasteiger partial charge in [0.1, 0.15) is 12.4 Å². The molecule has 1 fully saturated rings. The molecule has 5 heteroatoms. The van der Waals surface area contributed by atoms with Gasteiger partial charge in [-0.2, -0.15) is 0 Å². The van der Waals surface area contributed by atoms with E-state index in [0.29, 0.717) is 25.6 Å². The van der Waals surface area contributed by atoms with Crippen LogP contribution in [0.4, 0.5) is 0 Å². The van der Waals surface area contributed by atoms with Crippen LogP contribution in [-0.4, -0.2) is 50.3 Å². The summed E-state index contributed by atoms with van der Waals surface area (Å²) in [5, 5.41) is 3.00. The first-order valence-electron chi connectivity index (χ1n) is 10.4. The Morgan fingerprint density at radius 3 is 2.69 bits per heavy atom. The number of carbonyl (C=O) groups excluding carboxylic acids is 1. The zero-order valence-electron chi connectivity index (χ0n) is 17.5. The van der Waals surface area contributed by atoms with E-state index in [1.54, 1.807) is 0 Å². The lowest BCUT2D eigenvalue weighted by Gasteiger charge is -2.31. The predicted octanol–water partition coefficient (Wildman–Crippen LogP) is 3.34. The summed E-state index contributed by atoms with van der Waals surface area (Å²) >= 11 is 0. The molecular weight excluding hydrogens is 364 g/mol. The molecule has 0 atom stereocenters. The largest absolute Gasteiger partial charge is 0.492 e. The molecule has 1 amide bonds. The molecule has 3 rings (SSSR count). The Morgan fingerprint density at radius 2 is 1.90 bits per heavy atom. The van der Waals surface area contributed by atoms with E-state index in [-0.39, 0.29) is 5.91 Å². The van der Waals surface area contributed by atoms with Crippen LogP contribution in [0, 0.1) is 6.92 Å². The highest BCUT2D eigenvalue weighted by Crippen LogP contribution is 2.15. The quantitative estimate of drug-likeness (QED) is 0.706. The van der Waals surface area contributed by atoms with E-state index in [9.17, 15) is 4.79 Å². The number of rotatable bonds is 9. The van der Waals surface area contributed by atoms with Crippen LogP contribution in [-0.2, 0) is 22.5 Å². The van der Waals surface area contributed by atoms with Crippen molar-refractivity contribution in [3.8, 4) is 5.75 Å². The summed E-state index contributed by atoms with van der Waals surface area (Å²) in [5.41, 5.74) is 3.24. The van der Waals surface area contributed by atoms with Crippen LogP contribution in [0.2, 0.25) is 0 Å². The van der Waals surface area contributed by atoms with Crippen molar-refractivity contribution >= 4 is 5.91 Å². The molecule has 1 N–H and O–H groups in total. The first-order valence-corrected chi connectivity index (χ1v) is 10.4. The highest BCUT2D eigenvalue weighted by Gasteiger charge is 2.17. The lowest BCUT2D eigenvalue weighted by atomic mass is 10.1. The molecule has 29 heavy (non-hydrogen) atoms. The molecule has 5 nitrogen and oxygen atoms in total. The van der Waals surface area contributed by atoms with Gasteiger partial charge in [-0.25, -0.2) is 0 Å². The average molecular weight is 397 g/mol. The Kier molecular flexibility index (Phi) is 8.08. The van der Waals surface area contributed by atoms with E-state index in [0.717, 1.165) is 49.5 Å². The normalized spacial score (nSPS) is 14.7. The van der Waals surface area contributed by atoms with Gasteiger partial charge in [0.2, 0.25) is 5.91 Å². The van der Waals surface area contributed by atoms with Crippen LogP contribution in [0.5, 0.6) is 5.75 Å². The molecule has 0 aromatic heterocycles. The van der Waals surface area contributed by atoms with Gasteiger partial charge in [-0.3, -0.25) is 9.69 Å². The maximum absolute atomic E-state index is 12.2. The number of hydrogen-bond donors (Lipinski definition) is 1. The van der Waals surface area contributed by atoms with Crippen LogP contribution < -0.4 is 10.1 Å². The maximum Gasteiger partial charge on any atom is 0.224 e. The molecule has 2 aromatic rings. The Hall–Kier alpha value is -2.37. The molecule has 156 valence electrons. The van der Waals surface area contributed by atoms with E-state index in [4.69, 9.17) is 9.47 Å². The van der Waals surface area contributed by atoms with Gasteiger partial charge in [0.25, 0.3) is 0 Å². The van der Waals surface area contributed by atoms with Crippen molar-refractivity contribution in [1.29, 1.82) is 0 Å². The minimum Gasteiger partial charge on any atom is -0.492 e. The van der Waals surface area contributed by atoms with Crippen molar-refractivity contribution in [2.75, 3.05) is 33.4 Å². The summed E-state index contributed by atoms with van der Waals surface area (Å²) in [5.74, 6) is 0.871. The molecule has 0 radical (unpaired) electrons. The number of nitrogens with zero attached hydrogens (tertiary/aromatic N) is 1. The van der Waals surface area contributed by atoms with E-state index < -0.39 is 0 Å². The van der Waals surface area contributed by atoms with Crippen molar-refractivity contribution in [3.05, 3.63) is 65.2 Å². The highest BCUT2D eigenvalue weighted by atomic mass is 16.5. The van der Waals surface area contributed by atoms with Crippen molar-refractivity contribution in [2.45, 2.75) is 38.8 Å². The molecule has 0 saturated carbocycles. The third-order valence-corrected chi connectivity index (χ3v) is 5.36. The van der Waals surface area contributed by atoms with Gasteiger partial charge in [-0.15, -0.1) is 0 Å². The number of carbonyl (C=O) groups is 1. The molecular formula is C24H32N2O3. The number of amides is 1. The predicted molar refractivity (Wildman–Crippen MR) is 115 cm³/mol. The summed E-state index contributed by atoms with van der Waals surface area (Å²) in [6.45, 7) is 5.79. The summed E-state index contributed by atoms with van der Waals surface area (Å²) in [6.07, 6.45) is 2.58. The second-order valence-electron chi connectivity index (χ2n) is 7.76. The van der Waals surface area contributed by atoms with E-state index in [1.807, 2.05) is 55.5 Å². The standard InChI is InChI=1S/C24H32N2O3/c1-19-5-3-6-20(15-19)17-24(27)25-18-21-7-4-8-23(16-21)29-14-11-26(2)22-9-12-28-13-10-22/h3-8,15-16,22H,9-14,17-18H2,1-2H3,(H,25,27). The fourth-order valence-electron chi connectivity index (χ4n) is 3.63. The monoisotopic (exact) mass is 396 g/mol. The molecule has 0 aliphatic carbocycles. The zero-order chi connectivity index (χ0) is 20.5. The van der Waals surface area contributed by atoms with Crippen molar-refractivity contribution in [2.24, 2.45) is 0 Å². The minimum absolute atomic E-state index is 0.0278. The van der Waals surface area contributed by atoms with E-state index in [2.05, 4.69) is 17.3 Å². The van der Waals surface area contributed by atoms with Crippen LogP contribution in [0.25, 0.3) is 0 Å². The number of nitrogens with one attached hydrogen (secondary N) is 1. The van der Waals surface area contributed by atoms with Gasteiger partial charge < -0.3 is 14.8 Å². The number of ether oxygens (including phenoxy) is 2. The van der Waals surface area contributed by atoms with Gasteiger partial charge in [-0.1, -0.05) is 42.0 Å². The molecule has 2 aromatic carbocycles.